The van der Waals surface area contributed by atoms with Crippen LogP contribution in [0.2, 0.25) is 0 Å². The highest BCUT2D eigenvalue weighted by Crippen LogP contribution is 2.23. The average Bonchev–Trinajstić information content (AvgIpc) is 2.19. The van der Waals surface area contributed by atoms with E-state index in [1.54, 1.807) is 13.0 Å². The zero-order valence-electron chi connectivity index (χ0n) is 8.42. The van der Waals surface area contributed by atoms with Gasteiger partial charge in [-0.25, -0.2) is 9.37 Å². The number of rotatable bonds is 1. The molecule has 2 rings (SSSR count). The molecule has 0 aliphatic rings. The van der Waals surface area contributed by atoms with Crippen molar-refractivity contribution in [3.05, 3.63) is 38.8 Å². The SMILES string of the molecule is Cc1cc(C(N)=O)nc2c(F)cc(I)cc12. The topological polar surface area (TPSA) is 56.0 Å². The van der Waals surface area contributed by atoms with Gasteiger partial charge in [0.25, 0.3) is 5.91 Å². The zero-order chi connectivity index (χ0) is 11.9. The fourth-order valence-corrected chi connectivity index (χ4v) is 2.13. The van der Waals surface area contributed by atoms with E-state index in [9.17, 15) is 9.18 Å². The molecule has 0 radical (unpaired) electrons. The molecule has 0 bridgehead atoms. The van der Waals surface area contributed by atoms with Crippen LogP contribution < -0.4 is 5.73 Å². The maximum Gasteiger partial charge on any atom is 0.267 e. The van der Waals surface area contributed by atoms with Gasteiger partial charge in [-0.3, -0.25) is 4.79 Å². The van der Waals surface area contributed by atoms with Crippen molar-refractivity contribution in [2.75, 3.05) is 0 Å². The molecular formula is C11H8FIN2O. The molecule has 0 aliphatic heterocycles. The number of hydrogen-bond acceptors (Lipinski definition) is 2. The average molecular weight is 330 g/mol. The quantitative estimate of drug-likeness (QED) is 0.817. The van der Waals surface area contributed by atoms with Crippen LogP contribution in [0.3, 0.4) is 0 Å². The largest absolute Gasteiger partial charge is 0.364 e. The van der Waals surface area contributed by atoms with Gasteiger partial charge in [-0.1, -0.05) is 0 Å². The maximum atomic E-state index is 13.7. The van der Waals surface area contributed by atoms with Gasteiger partial charge >= 0.3 is 0 Å². The van der Waals surface area contributed by atoms with Crippen LogP contribution in [0.4, 0.5) is 4.39 Å². The monoisotopic (exact) mass is 330 g/mol. The summed E-state index contributed by atoms with van der Waals surface area (Å²) in [4.78, 5) is 14.9. The Morgan fingerprint density at radius 3 is 2.75 bits per heavy atom. The van der Waals surface area contributed by atoms with Gasteiger partial charge in [-0.15, -0.1) is 0 Å². The van der Waals surface area contributed by atoms with E-state index >= 15 is 0 Å². The predicted octanol–water partition coefficient (Wildman–Crippen LogP) is 2.39. The van der Waals surface area contributed by atoms with E-state index in [1.165, 1.54) is 6.07 Å². The second kappa shape index (κ2) is 3.97. The second-order valence-electron chi connectivity index (χ2n) is 3.47. The highest BCUT2D eigenvalue weighted by Gasteiger charge is 2.11. The number of primary amides is 1. The molecule has 0 unspecified atom stereocenters. The number of halogens is 2. The summed E-state index contributed by atoms with van der Waals surface area (Å²) in [5.41, 5.74) is 6.19. The molecule has 1 aromatic heterocycles. The van der Waals surface area contributed by atoms with Crippen LogP contribution >= 0.6 is 22.6 Å². The molecule has 82 valence electrons. The number of carbonyl (C=O) groups is 1. The molecular weight excluding hydrogens is 322 g/mol. The Hall–Kier alpha value is -1.24. The van der Waals surface area contributed by atoms with E-state index in [0.29, 0.717) is 5.39 Å². The van der Waals surface area contributed by atoms with Crippen molar-refractivity contribution < 1.29 is 9.18 Å². The molecule has 3 nitrogen and oxygen atoms in total. The van der Waals surface area contributed by atoms with Crippen LogP contribution in [0.5, 0.6) is 0 Å². The van der Waals surface area contributed by atoms with E-state index in [0.717, 1.165) is 9.13 Å². The predicted molar refractivity (Wildman–Crippen MR) is 67.7 cm³/mol. The Kier molecular flexibility index (Phi) is 2.79. The summed E-state index contributed by atoms with van der Waals surface area (Å²) in [6.07, 6.45) is 0. The number of benzene rings is 1. The lowest BCUT2D eigenvalue weighted by molar-refractivity contribution is 0.0996. The third-order valence-corrected chi connectivity index (χ3v) is 2.91. The van der Waals surface area contributed by atoms with Crippen LogP contribution in [-0.4, -0.2) is 10.9 Å². The summed E-state index contributed by atoms with van der Waals surface area (Å²) in [7, 11) is 0. The molecule has 0 fully saturated rings. The summed E-state index contributed by atoms with van der Waals surface area (Å²) in [5.74, 6) is -1.09. The van der Waals surface area contributed by atoms with Crippen molar-refractivity contribution >= 4 is 39.4 Å². The Labute approximate surface area is 105 Å². The van der Waals surface area contributed by atoms with Gasteiger partial charge in [0, 0.05) is 8.96 Å². The van der Waals surface area contributed by atoms with E-state index in [-0.39, 0.29) is 11.2 Å². The number of nitrogens with two attached hydrogens (primary N) is 1. The Morgan fingerprint density at radius 2 is 2.12 bits per heavy atom. The lowest BCUT2D eigenvalue weighted by Gasteiger charge is -2.05. The number of nitrogens with zero attached hydrogens (tertiary/aromatic N) is 1. The number of aromatic nitrogens is 1. The number of aryl methyl sites for hydroxylation is 1. The lowest BCUT2D eigenvalue weighted by atomic mass is 10.1. The third kappa shape index (κ3) is 1.87. The van der Waals surface area contributed by atoms with Crippen LogP contribution in [-0.2, 0) is 0 Å². The summed E-state index contributed by atoms with van der Waals surface area (Å²) < 4.78 is 14.4. The van der Waals surface area contributed by atoms with Gasteiger partial charge in [0.1, 0.15) is 11.2 Å². The molecule has 5 heteroatoms. The van der Waals surface area contributed by atoms with Crippen molar-refractivity contribution in [2.24, 2.45) is 5.73 Å². The fraction of sp³-hybridized carbons (Fsp3) is 0.0909. The Morgan fingerprint density at radius 1 is 1.44 bits per heavy atom. The normalized spacial score (nSPS) is 10.7. The summed E-state index contributed by atoms with van der Waals surface area (Å²) in [5, 5.41) is 0.703. The minimum atomic E-state index is -0.650. The molecule has 1 aromatic carbocycles. The van der Waals surface area contributed by atoms with Crippen LogP contribution in [0.25, 0.3) is 10.9 Å². The number of hydrogen-bond donors (Lipinski definition) is 1. The van der Waals surface area contributed by atoms with Gasteiger partial charge < -0.3 is 5.73 Å². The van der Waals surface area contributed by atoms with Crippen LogP contribution in [0.15, 0.2) is 18.2 Å². The molecule has 2 aromatic rings. The minimum absolute atomic E-state index is 0.0881. The van der Waals surface area contributed by atoms with Gasteiger partial charge in [0.05, 0.1) is 0 Å². The molecule has 1 amide bonds. The van der Waals surface area contributed by atoms with E-state index in [4.69, 9.17) is 5.73 Å². The molecule has 16 heavy (non-hydrogen) atoms. The standard InChI is InChI=1S/C11H8FIN2O/c1-5-2-9(11(14)16)15-10-7(5)3-6(13)4-8(10)12/h2-4H,1H3,(H2,14,16). The van der Waals surface area contributed by atoms with Crippen molar-refractivity contribution in [2.45, 2.75) is 6.92 Å². The van der Waals surface area contributed by atoms with Gasteiger partial charge in [0.2, 0.25) is 0 Å². The highest BCUT2D eigenvalue weighted by atomic mass is 127. The molecule has 1 heterocycles. The maximum absolute atomic E-state index is 13.7. The van der Waals surface area contributed by atoms with E-state index < -0.39 is 11.7 Å². The first-order valence-electron chi connectivity index (χ1n) is 4.55. The number of amides is 1. The van der Waals surface area contributed by atoms with Crippen molar-refractivity contribution in [1.82, 2.24) is 4.98 Å². The minimum Gasteiger partial charge on any atom is -0.364 e. The van der Waals surface area contributed by atoms with E-state index in [1.807, 2.05) is 28.7 Å². The highest BCUT2D eigenvalue weighted by molar-refractivity contribution is 14.1. The first kappa shape index (κ1) is 11.3. The number of fused-ring (bicyclic) bond motifs is 1. The Balaban J connectivity index is 2.87. The van der Waals surface area contributed by atoms with Crippen LogP contribution in [0.1, 0.15) is 16.1 Å². The first-order chi connectivity index (χ1) is 7.49. The molecule has 0 atom stereocenters. The van der Waals surface area contributed by atoms with Gasteiger partial charge in [-0.2, -0.15) is 0 Å². The Bertz CT molecular complexity index is 598. The van der Waals surface area contributed by atoms with Gasteiger partial charge in [0.15, 0.2) is 5.82 Å². The summed E-state index contributed by atoms with van der Waals surface area (Å²) in [6.45, 7) is 1.80. The first-order valence-corrected chi connectivity index (χ1v) is 5.63. The number of carbonyl (C=O) groups excluding carboxylic acids is 1. The zero-order valence-corrected chi connectivity index (χ0v) is 10.6. The molecule has 0 aliphatic carbocycles. The third-order valence-electron chi connectivity index (χ3n) is 2.29. The number of pyridine rings is 1. The summed E-state index contributed by atoms with van der Waals surface area (Å²) >= 11 is 2.03. The fourth-order valence-electron chi connectivity index (χ4n) is 1.54. The smallest absolute Gasteiger partial charge is 0.267 e. The van der Waals surface area contributed by atoms with Crippen molar-refractivity contribution in [1.29, 1.82) is 0 Å². The lowest BCUT2D eigenvalue weighted by Crippen LogP contribution is -2.13. The molecule has 0 saturated carbocycles. The molecule has 0 spiro atoms. The van der Waals surface area contributed by atoms with Crippen LogP contribution in [0, 0.1) is 16.3 Å². The van der Waals surface area contributed by atoms with Gasteiger partial charge in [-0.05, 0) is 53.3 Å². The van der Waals surface area contributed by atoms with Crippen molar-refractivity contribution in [3.8, 4) is 0 Å². The van der Waals surface area contributed by atoms with Crippen molar-refractivity contribution in [3.63, 3.8) is 0 Å². The summed E-state index contributed by atoms with van der Waals surface area (Å²) in [6, 6.07) is 4.77. The van der Waals surface area contributed by atoms with E-state index in [2.05, 4.69) is 4.98 Å². The second-order valence-corrected chi connectivity index (χ2v) is 4.72. The molecule has 2 N–H and O–H groups in total. The molecule has 0 saturated heterocycles.